The van der Waals surface area contributed by atoms with Crippen LogP contribution in [0.3, 0.4) is 0 Å². The topological polar surface area (TPSA) is 0 Å². The predicted molar refractivity (Wildman–Crippen MR) is 24.5 cm³/mol. The molecule has 0 amide bonds. The molecule has 0 unspecified atom stereocenters. The highest BCUT2D eigenvalue weighted by atomic mass is 19.4. The number of halogens is 5. The molecule has 0 nitrogen and oxygen atoms in total. The predicted octanol–water partition coefficient (Wildman–Crippen LogP) is 2.49. The maximum atomic E-state index is 11.1. The third-order valence-electron chi connectivity index (χ3n) is 0.712. The van der Waals surface area contributed by atoms with Crippen LogP contribution in [0, 0.1) is 0 Å². The van der Waals surface area contributed by atoms with Gasteiger partial charge in [0.2, 0.25) is 6.43 Å². The molecule has 6 heteroatoms. The average Bonchev–Trinajstić information content (AvgIpc) is 1.59. The zero-order valence-electron chi connectivity index (χ0n) is 4.46. The summed E-state index contributed by atoms with van der Waals surface area (Å²) in [6, 6.07) is 0. The van der Waals surface area contributed by atoms with Crippen molar-refractivity contribution < 1.29 is 21.7 Å². The van der Waals surface area contributed by atoms with E-state index in [1.807, 2.05) is 0 Å². The maximum absolute atomic E-state index is 11.1. The molecule has 0 aliphatic rings. The summed E-state index contributed by atoms with van der Waals surface area (Å²) >= 11 is 0. The molecule has 0 N–H and O–H groups in total. The van der Waals surface area contributed by atoms with Crippen molar-refractivity contribution in [2.45, 2.75) is 19.2 Å². The zero-order chi connectivity index (χ0) is 7.49. The van der Waals surface area contributed by atoms with Gasteiger partial charge in [0.1, 0.15) is 0 Å². The van der Waals surface area contributed by atoms with E-state index in [4.69, 9.17) is 0 Å². The smallest absolute Gasteiger partial charge is 0.449 e. The molecule has 0 bridgehead atoms. The highest BCUT2D eigenvalue weighted by Crippen LogP contribution is 2.19. The maximum Gasteiger partial charge on any atom is 0.478 e. The van der Waals surface area contributed by atoms with E-state index in [9.17, 15) is 21.7 Å². The molecule has 0 heterocycles. The first-order valence-corrected chi connectivity index (χ1v) is 2.41. The summed E-state index contributed by atoms with van der Waals surface area (Å²) in [4.78, 5) is 0. The van der Waals surface area contributed by atoms with Crippen molar-refractivity contribution in [3.8, 4) is 0 Å². The highest BCUT2D eigenvalue weighted by Gasteiger charge is 2.23. The van der Waals surface area contributed by atoms with Gasteiger partial charge in [0, 0.05) is 0 Å². The molecule has 0 aliphatic heterocycles. The number of hydrogen-bond donors (Lipinski definition) is 0. The summed E-state index contributed by atoms with van der Waals surface area (Å²) < 4.78 is 55.6. The average molecular weight is 147 g/mol. The van der Waals surface area contributed by atoms with E-state index in [1.54, 1.807) is 0 Å². The van der Waals surface area contributed by atoms with E-state index in [1.165, 1.54) is 0 Å². The van der Waals surface area contributed by atoms with Gasteiger partial charge in [0.15, 0.2) is 0 Å². The van der Waals surface area contributed by atoms with Crippen LogP contribution in [0.1, 0.15) is 6.42 Å². The Labute approximate surface area is 49.1 Å². The van der Waals surface area contributed by atoms with E-state index in [0.717, 1.165) is 0 Å². The molecule has 0 saturated carbocycles. The van der Waals surface area contributed by atoms with E-state index in [2.05, 4.69) is 0 Å². The monoisotopic (exact) mass is 147 g/mol. The van der Waals surface area contributed by atoms with Crippen LogP contribution < -0.4 is 0 Å². The minimum absolute atomic E-state index is 1.07. The molecule has 0 aromatic heterocycles. The molecule has 0 radical (unpaired) electrons. The van der Waals surface area contributed by atoms with Gasteiger partial charge in [-0.2, -0.15) is 0 Å². The van der Waals surface area contributed by atoms with Crippen molar-refractivity contribution >= 4 is 6.98 Å². The van der Waals surface area contributed by atoms with Crippen LogP contribution in [0.15, 0.2) is 0 Å². The lowest BCUT2D eigenvalue weighted by Crippen LogP contribution is -2.15. The van der Waals surface area contributed by atoms with Gasteiger partial charge in [0.25, 0.3) is 0 Å². The molecular weight excluding hydrogens is 142 g/mol. The van der Waals surface area contributed by atoms with Crippen LogP contribution in [0.25, 0.3) is 0 Å². The van der Waals surface area contributed by atoms with Crippen LogP contribution in [-0.4, -0.2) is 13.4 Å². The molecule has 0 atom stereocenters. The van der Waals surface area contributed by atoms with Gasteiger partial charge in [-0.05, 0) is 6.42 Å². The molecule has 0 aromatic carbocycles. The lowest BCUT2D eigenvalue weighted by molar-refractivity contribution is 0.140. The minimum Gasteiger partial charge on any atom is -0.449 e. The summed E-state index contributed by atoms with van der Waals surface area (Å²) in [5.74, 6) is 0. The second-order valence-corrected chi connectivity index (χ2v) is 1.68. The fourth-order valence-corrected chi connectivity index (χ4v) is 0.315. The number of hydrogen-bond acceptors (Lipinski definition) is 0. The van der Waals surface area contributed by atoms with Gasteiger partial charge in [-0.3, -0.25) is 0 Å². The van der Waals surface area contributed by atoms with Gasteiger partial charge in [-0.15, -0.1) is 0 Å². The van der Waals surface area contributed by atoms with Crippen molar-refractivity contribution in [2.24, 2.45) is 0 Å². The largest absolute Gasteiger partial charge is 0.478 e. The lowest BCUT2D eigenvalue weighted by atomic mass is 9.84. The first kappa shape index (κ1) is 8.71. The highest BCUT2D eigenvalue weighted by molar-refractivity contribution is 6.58. The van der Waals surface area contributed by atoms with Crippen LogP contribution in [0.5, 0.6) is 0 Å². The molecule has 0 saturated heterocycles. The Balaban J connectivity index is 3.28. The van der Waals surface area contributed by atoms with Crippen molar-refractivity contribution in [3.05, 3.63) is 0 Å². The SMILES string of the molecule is FC(F)CC[B-](F)(F)F. The van der Waals surface area contributed by atoms with Gasteiger partial charge in [0.05, 0.1) is 0 Å². The Morgan fingerprint density at radius 1 is 1.11 bits per heavy atom. The fraction of sp³-hybridized carbons (Fsp3) is 1.00. The second-order valence-electron chi connectivity index (χ2n) is 1.68. The molecular formula is C3H5BF5-. The summed E-state index contributed by atoms with van der Waals surface area (Å²) in [5, 5.41) is 0. The number of alkyl halides is 2. The summed E-state index contributed by atoms with van der Waals surface area (Å²) in [6.07, 6.45) is -5.24. The molecule has 0 fully saturated rings. The summed E-state index contributed by atoms with van der Waals surface area (Å²) in [7, 11) is 0. The van der Waals surface area contributed by atoms with Crippen LogP contribution in [0.2, 0.25) is 6.32 Å². The summed E-state index contributed by atoms with van der Waals surface area (Å²) in [5.41, 5.74) is 0. The molecule has 0 spiro atoms. The molecule has 56 valence electrons. The van der Waals surface area contributed by atoms with E-state index in [-0.39, 0.29) is 0 Å². The minimum atomic E-state index is -5.01. The zero-order valence-corrected chi connectivity index (χ0v) is 4.46. The standard InChI is InChI=1S/C3H5BF5/c5-3(6)1-2-4(7,8)9/h3H,1-2H2/q-1. The van der Waals surface area contributed by atoms with Crippen molar-refractivity contribution in [3.63, 3.8) is 0 Å². The van der Waals surface area contributed by atoms with E-state index >= 15 is 0 Å². The van der Waals surface area contributed by atoms with Gasteiger partial charge in [-0.25, -0.2) is 8.78 Å². The van der Waals surface area contributed by atoms with Crippen molar-refractivity contribution in [2.75, 3.05) is 0 Å². The van der Waals surface area contributed by atoms with Gasteiger partial charge < -0.3 is 12.9 Å². The van der Waals surface area contributed by atoms with Crippen LogP contribution >= 0.6 is 0 Å². The Morgan fingerprint density at radius 2 is 1.56 bits per heavy atom. The Bertz CT molecular complexity index is 76.8. The first-order valence-electron chi connectivity index (χ1n) is 2.41. The van der Waals surface area contributed by atoms with E-state index in [0.29, 0.717) is 0 Å². The third kappa shape index (κ3) is 7.71. The Morgan fingerprint density at radius 3 is 1.67 bits per heavy atom. The van der Waals surface area contributed by atoms with Crippen molar-refractivity contribution in [1.29, 1.82) is 0 Å². The second kappa shape index (κ2) is 3.03. The fourth-order valence-electron chi connectivity index (χ4n) is 0.315. The first-order chi connectivity index (χ1) is 3.92. The van der Waals surface area contributed by atoms with Gasteiger partial charge in [-0.1, -0.05) is 6.32 Å². The molecule has 0 aromatic rings. The third-order valence-corrected chi connectivity index (χ3v) is 0.712. The summed E-state index contributed by atoms with van der Waals surface area (Å²) in [6.45, 7) is -5.01. The molecule has 9 heavy (non-hydrogen) atoms. The van der Waals surface area contributed by atoms with Crippen molar-refractivity contribution in [1.82, 2.24) is 0 Å². The van der Waals surface area contributed by atoms with Gasteiger partial charge >= 0.3 is 6.98 Å². The quantitative estimate of drug-likeness (QED) is 0.424. The molecule has 0 rings (SSSR count). The number of rotatable bonds is 3. The normalized spacial score (nSPS) is 12.7. The van der Waals surface area contributed by atoms with E-state index < -0.39 is 26.1 Å². The molecule has 0 aliphatic carbocycles. The van der Waals surface area contributed by atoms with Crippen LogP contribution in [-0.2, 0) is 0 Å². The Kier molecular flexibility index (Phi) is 2.93. The lowest BCUT2D eigenvalue weighted by Gasteiger charge is -2.11. The Hall–Kier alpha value is -0.285. The van der Waals surface area contributed by atoms with Crippen LogP contribution in [0.4, 0.5) is 21.7 Å².